The molecule has 108 valence electrons. The summed E-state index contributed by atoms with van der Waals surface area (Å²) in [6.07, 6.45) is -4.90. The molecule has 0 aromatic rings. The average Bonchev–Trinajstić information content (AvgIpc) is 2.33. The Labute approximate surface area is 107 Å². The number of hydrogen-bond donors (Lipinski definition) is 1. The van der Waals surface area contributed by atoms with E-state index in [9.17, 15) is 13.2 Å². The second-order valence-corrected chi connectivity index (χ2v) is 4.62. The van der Waals surface area contributed by atoms with Gasteiger partial charge in [-0.2, -0.15) is 13.2 Å². The van der Waals surface area contributed by atoms with Crippen LogP contribution < -0.4 is 5.32 Å². The van der Waals surface area contributed by atoms with Gasteiger partial charge in [0.2, 0.25) is 0 Å². The standard InChI is InChI=1S/C12H23F3N2O/c1-3-16-10(5-6-12(13,14)15)11-9-17(4-2)7-8-18-11/h10-11,16H,3-9H2,1-2H3. The largest absolute Gasteiger partial charge is 0.389 e. The molecule has 1 heterocycles. The van der Waals surface area contributed by atoms with Crippen molar-refractivity contribution in [2.24, 2.45) is 0 Å². The molecule has 0 aromatic heterocycles. The topological polar surface area (TPSA) is 24.5 Å². The highest BCUT2D eigenvalue weighted by atomic mass is 19.4. The summed E-state index contributed by atoms with van der Waals surface area (Å²) in [5.41, 5.74) is 0. The van der Waals surface area contributed by atoms with Crippen LogP contribution in [-0.4, -0.2) is 56.0 Å². The predicted octanol–water partition coefficient (Wildman–Crippen LogP) is 2.03. The Morgan fingerprint density at radius 1 is 1.39 bits per heavy atom. The number of rotatable bonds is 6. The van der Waals surface area contributed by atoms with Crippen molar-refractivity contribution in [3.05, 3.63) is 0 Å². The van der Waals surface area contributed by atoms with E-state index >= 15 is 0 Å². The third-order valence-corrected chi connectivity index (χ3v) is 3.28. The van der Waals surface area contributed by atoms with Gasteiger partial charge in [0.1, 0.15) is 0 Å². The molecule has 0 amide bonds. The van der Waals surface area contributed by atoms with Gasteiger partial charge in [-0.25, -0.2) is 0 Å². The highest BCUT2D eigenvalue weighted by molar-refractivity contribution is 4.83. The number of hydrogen-bond acceptors (Lipinski definition) is 3. The molecule has 0 spiro atoms. The zero-order chi connectivity index (χ0) is 13.6. The van der Waals surface area contributed by atoms with Gasteiger partial charge >= 0.3 is 6.18 Å². The molecular formula is C12H23F3N2O. The van der Waals surface area contributed by atoms with Crippen molar-refractivity contribution in [2.75, 3.05) is 32.8 Å². The van der Waals surface area contributed by atoms with Gasteiger partial charge in [-0.3, -0.25) is 4.90 Å². The fourth-order valence-corrected chi connectivity index (χ4v) is 2.26. The number of likely N-dealkylation sites (N-methyl/N-ethyl adjacent to an activating group) is 2. The smallest absolute Gasteiger partial charge is 0.374 e. The summed E-state index contributed by atoms with van der Waals surface area (Å²) in [5, 5.41) is 3.12. The van der Waals surface area contributed by atoms with Gasteiger partial charge in [0.15, 0.2) is 0 Å². The summed E-state index contributed by atoms with van der Waals surface area (Å²) in [6, 6.07) is -0.217. The fraction of sp³-hybridized carbons (Fsp3) is 1.00. The van der Waals surface area contributed by atoms with Crippen LogP contribution in [0.2, 0.25) is 0 Å². The van der Waals surface area contributed by atoms with E-state index in [1.807, 2.05) is 6.92 Å². The van der Waals surface area contributed by atoms with Crippen LogP contribution in [0.15, 0.2) is 0 Å². The third kappa shape index (κ3) is 5.54. The second-order valence-electron chi connectivity index (χ2n) is 4.62. The van der Waals surface area contributed by atoms with Crippen LogP contribution in [-0.2, 0) is 4.74 Å². The maximum absolute atomic E-state index is 12.3. The van der Waals surface area contributed by atoms with Crippen LogP contribution in [0.3, 0.4) is 0 Å². The molecule has 1 rings (SSSR count). The third-order valence-electron chi connectivity index (χ3n) is 3.28. The molecule has 0 bridgehead atoms. The van der Waals surface area contributed by atoms with E-state index in [4.69, 9.17) is 4.74 Å². The summed E-state index contributed by atoms with van der Waals surface area (Å²) >= 11 is 0. The highest BCUT2D eigenvalue weighted by Crippen LogP contribution is 2.24. The molecule has 1 fully saturated rings. The van der Waals surface area contributed by atoms with E-state index in [0.29, 0.717) is 19.7 Å². The number of alkyl halides is 3. The minimum Gasteiger partial charge on any atom is -0.374 e. The first kappa shape index (κ1) is 15.7. The van der Waals surface area contributed by atoms with Crippen LogP contribution in [0.4, 0.5) is 13.2 Å². The molecule has 2 atom stereocenters. The predicted molar refractivity (Wildman–Crippen MR) is 64.6 cm³/mol. The maximum atomic E-state index is 12.3. The summed E-state index contributed by atoms with van der Waals surface area (Å²) in [7, 11) is 0. The molecule has 0 radical (unpaired) electrons. The van der Waals surface area contributed by atoms with Crippen LogP contribution in [0, 0.1) is 0 Å². The molecule has 18 heavy (non-hydrogen) atoms. The monoisotopic (exact) mass is 268 g/mol. The first-order valence-electron chi connectivity index (χ1n) is 6.60. The molecule has 1 N–H and O–H groups in total. The van der Waals surface area contributed by atoms with Crippen LogP contribution in [0.1, 0.15) is 26.7 Å². The molecule has 0 saturated carbocycles. The van der Waals surface area contributed by atoms with Crippen molar-refractivity contribution in [3.8, 4) is 0 Å². The van der Waals surface area contributed by atoms with Gasteiger partial charge in [-0.15, -0.1) is 0 Å². The number of halogens is 3. The normalized spacial score (nSPS) is 24.2. The summed E-state index contributed by atoms with van der Waals surface area (Å²) in [5.74, 6) is 0. The van der Waals surface area contributed by atoms with E-state index in [1.165, 1.54) is 0 Å². The Kier molecular flexibility index (Phi) is 6.38. The van der Waals surface area contributed by atoms with Crippen molar-refractivity contribution < 1.29 is 17.9 Å². The van der Waals surface area contributed by atoms with E-state index in [1.54, 1.807) is 0 Å². The highest BCUT2D eigenvalue weighted by Gasteiger charge is 2.32. The van der Waals surface area contributed by atoms with E-state index in [-0.39, 0.29) is 18.6 Å². The molecular weight excluding hydrogens is 245 g/mol. The molecule has 1 saturated heterocycles. The summed E-state index contributed by atoms with van der Waals surface area (Å²) in [6.45, 7) is 7.72. The molecule has 0 aromatic carbocycles. The molecule has 1 aliphatic heterocycles. The van der Waals surface area contributed by atoms with Crippen LogP contribution >= 0.6 is 0 Å². The molecule has 3 nitrogen and oxygen atoms in total. The maximum Gasteiger partial charge on any atom is 0.389 e. The van der Waals surface area contributed by atoms with Gasteiger partial charge in [0.25, 0.3) is 0 Å². The minimum absolute atomic E-state index is 0.0829. The van der Waals surface area contributed by atoms with E-state index < -0.39 is 12.6 Å². The number of nitrogens with one attached hydrogen (secondary N) is 1. The first-order chi connectivity index (χ1) is 8.46. The fourth-order valence-electron chi connectivity index (χ4n) is 2.26. The minimum atomic E-state index is -4.09. The van der Waals surface area contributed by atoms with Gasteiger partial charge < -0.3 is 10.1 Å². The Bertz CT molecular complexity index is 236. The number of nitrogens with zero attached hydrogens (tertiary/aromatic N) is 1. The van der Waals surface area contributed by atoms with Crippen molar-refractivity contribution >= 4 is 0 Å². The van der Waals surface area contributed by atoms with Crippen LogP contribution in [0.25, 0.3) is 0 Å². The van der Waals surface area contributed by atoms with E-state index in [2.05, 4.69) is 17.1 Å². The molecule has 0 aliphatic carbocycles. The zero-order valence-electron chi connectivity index (χ0n) is 11.1. The lowest BCUT2D eigenvalue weighted by Gasteiger charge is -2.37. The zero-order valence-corrected chi connectivity index (χ0v) is 11.1. The van der Waals surface area contributed by atoms with Gasteiger partial charge in [0, 0.05) is 25.6 Å². The van der Waals surface area contributed by atoms with Crippen molar-refractivity contribution in [2.45, 2.75) is 45.0 Å². The van der Waals surface area contributed by atoms with Crippen molar-refractivity contribution in [1.82, 2.24) is 10.2 Å². The van der Waals surface area contributed by atoms with Gasteiger partial charge in [0.05, 0.1) is 12.7 Å². The molecule has 1 aliphatic rings. The quantitative estimate of drug-likeness (QED) is 0.797. The van der Waals surface area contributed by atoms with E-state index in [0.717, 1.165) is 13.1 Å². The SMILES string of the molecule is CCNC(CCC(F)(F)F)C1CN(CC)CCO1. The molecule has 2 unspecified atom stereocenters. The average molecular weight is 268 g/mol. The number of ether oxygens (including phenoxy) is 1. The van der Waals surface area contributed by atoms with Crippen LogP contribution in [0.5, 0.6) is 0 Å². The second kappa shape index (κ2) is 7.31. The Hall–Kier alpha value is -0.330. The Morgan fingerprint density at radius 3 is 2.67 bits per heavy atom. The number of morpholine rings is 1. The summed E-state index contributed by atoms with van der Waals surface area (Å²) < 4.78 is 42.5. The lowest BCUT2D eigenvalue weighted by atomic mass is 10.0. The van der Waals surface area contributed by atoms with Crippen molar-refractivity contribution in [3.63, 3.8) is 0 Å². The van der Waals surface area contributed by atoms with Gasteiger partial charge in [-0.1, -0.05) is 13.8 Å². The first-order valence-corrected chi connectivity index (χ1v) is 6.60. The Morgan fingerprint density at radius 2 is 2.11 bits per heavy atom. The molecule has 6 heteroatoms. The lowest BCUT2D eigenvalue weighted by molar-refractivity contribution is -0.140. The lowest BCUT2D eigenvalue weighted by Crippen LogP contribution is -2.52. The van der Waals surface area contributed by atoms with Gasteiger partial charge in [-0.05, 0) is 19.5 Å². The van der Waals surface area contributed by atoms with Crippen molar-refractivity contribution in [1.29, 1.82) is 0 Å². The summed E-state index contributed by atoms with van der Waals surface area (Å²) in [4.78, 5) is 2.21. The Balaban J connectivity index is 2.49.